The van der Waals surface area contributed by atoms with Crippen molar-refractivity contribution in [2.24, 2.45) is 10.2 Å². The monoisotopic (exact) mass is 362 g/mol. The van der Waals surface area contributed by atoms with Crippen LogP contribution in [-0.4, -0.2) is 37.0 Å². The van der Waals surface area contributed by atoms with E-state index >= 15 is 0 Å². The van der Waals surface area contributed by atoms with Crippen LogP contribution >= 0.6 is 11.6 Å². The molecule has 0 radical (unpaired) electrons. The van der Waals surface area contributed by atoms with Gasteiger partial charge in [0.1, 0.15) is 12.3 Å². The van der Waals surface area contributed by atoms with E-state index in [9.17, 15) is 5.11 Å². The first-order valence-electron chi connectivity index (χ1n) is 8.28. The van der Waals surface area contributed by atoms with Crippen molar-refractivity contribution in [3.63, 3.8) is 0 Å². The van der Waals surface area contributed by atoms with Crippen LogP contribution in [0.15, 0.2) is 52.7 Å². The van der Waals surface area contributed by atoms with Crippen LogP contribution in [0.2, 0.25) is 5.02 Å². The largest absolute Gasteiger partial charge is 0.507 e. The van der Waals surface area contributed by atoms with Crippen LogP contribution in [0.3, 0.4) is 0 Å². The average Bonchev–Trinajstić information content (AvgIpc) is 2.57. The van der Waals surface area contributed by atoms with E-state index in [0.29, 0.717) is 28.5 Å². The highest BCUT2D eigenvalue weighted by Gasteiger charge is 2.18. The number of quaternary nitrogens is 1. The topological polar surface area (TPSA) is 54.2 Å². The fraction of sp³-hybridized carbons (Fsp3) is 0.368. The number of nitrogens with zero attached hydrogens (tertiary/aromatic N) is 3. The fourth-order valence-electron chi connectivity index (χ4n) is 2.35. The highest BCUT2D eigenvalue weighted by atomic mass is 35.5. The second-order valence-corrected chi connectivity index (χ2v) is 7.06. The van der Waals surface area contributed by atoms with Gasteiger partial charge in [-0.3, -0.25) is 0 Å². The molecule has 1 N–H and O–H groups in total. The van der Waals surface area contributed by atoms with Gasteiger partial charge >= 0.3 is 0 Å². The molecule has 2 aromatic rings. The molecule has 2 aromatic carbocycles. The van der Waals surface area contributed by atoms with Crippen molar-refractivity contribution >= 4 is 23.0 Å². The van der Waals surface area contributed by atoms with Crippen LogP contribution in [0.25, 0.3) is 0 Å². The number of hydrogen-bond donors (Lipinski definition) is 1. The van der Waals surface area contributed by atoms with Crippen LogP contribution in [0.1, 0.15) is 18.9 Å². The standard InChI is InChI=1S/C19H24ClN3O2/c1-4-11-25-14-23(2,3)13-15-12-18(9-10-19(15)24)22-21-17-7-5-16(20)6-8-17/h5-10,12H,4,11,13-14H2,1-3H3/p+1. The summed E-state index contributed by atoms with van der Waals surface area (Å²) in [5, 5.41) is 19.3. The minimum absolute atomic E-state index is 0.257. The van der Waals surface area contributed by atoms with Crippen molar-refractivity contribution in [3.05, 3.63) is 53.1 Å². The first-order valence-corrected chi connectivity index (χ1v) is 8.66. The zero-order chi connectivity index (χ0) is 18.3. The molecule has 0 aliphatic rings. The summed E-state index contributed by atoms with van der Waals surface area (Å²) in [6.45, 7) is 4.05. The van der Waals surface area contributed by atoms with Crippen molar-refractivity contribution in [1.29, 1.82) is 0 Å². The molecule has 0 amide bonds. The van der Waals surface area contributed by atoms with Crippen LogP contribution in [0.4, 0.5) is 11.4 Å². The minimum Gasteiger partial charge on any atom is -0.507 e. The molecule has 5 nitrogen and oxygen atoms in total. The van der Waals surface area contributed by atoms with E-state index in [1.807, 2.05) is 6.07 Å². The Kier molecular flexibility index (Phi) is 6.93. The highest BCUT2D eigenvalue weighted by Crippen LogP contribution is 2.27. The minimum atomic E-state index is 0.257. The Bertz CT molecular complexity index is 715. The number of rotatable bonds is 8. The lowest BCUT2D eigenvalue weighted by molar-refractivity contribution is -0.922. The van der Waals surface area contributed by atoms with Gasteiger partial charge in [0.05, 0.1) is 37.6 Å². The van der Waals surface area contributed by atoms with Gasteiger partial charge in [0.15, 0.2) is 6.73 Å². The van der Waals surface area contributed by atoms with E-state index in [1.54, 1.807) is 36.4 Å². The van der Waals surface area contributed by atoms with E-state index in [2.05, 4.69) is 31.2 Å². The Labute approximate surface area is 154 Å². The van der Waals surface area contributed by atoms with Crippen molar-refractivity contribution in [1.82, 2.24) is 0 Å². The van der Waals surface area contributed by atoms with Gasteiger partial charge in [0.25, 0.3) is 0 Å². The number of aromatic hydroxyl groups is 1. The predicted molar refractivity (Wildman–Crippen MR) is 101 cm³/mol. The zero-order valence-corrected chi connectivity index (χ0v) is 15.7. The summed E-state index contributed by atoms with van der Waals surface area (Å²) in [5.41, 5.74) is 2.23. The lowest BCUT2D eigenvalue weighted by atomic mass is 10.1. The van der Waals surface area contributed by atoms with E-state index in [-0.39, 0.29) is 5.75 Å². The maximum atomic E-state index is 10.1. The molecule has 134 valence electrons. The van der Waals surface area contributed by atoms with Crippen LogP contribution in [0.5, 0.6) is 5.75 Å². The normalized spacial score (nSPS) is 12.0. The third kappa shape index (κ3) is 6.46. The molecule has 0 atom stereocenters. The molecule has 0 saturated carbocycles. The van der Waals surface area contributed by atoms with E-state index < -0.39 is 0 Å². The smallest absolute Gasteiger partial charge is 0.182 e. The van der Waals surface area contributed by atoms with Gasteiger partial charge in [-0.15, -0.1) is 0 Å². The molecule has 0 aliphatic carbocycles. The molecule has 25 heavy (non-hydrogen) atoms. The molecular weight excluding hydrogens is 338 g/mol. The number of benzene rings is 2. The summed E-state index contributed by atoms with van der Waals surface area (Å²) in [6, 6.07) is 12.4. The Hall–Kier alpha value is -1.95. The van der Waals surface area contributed by atoms with Gasteiger partial charge < -0.3 is 14.3 Å². The van der Waals surface area contributed by atoms with Crippen LogP contribution in [-0.2, 0) is 11.3 Å². The maximum Gasteiger partial charge on any atom is 0.182 e. The summed E-state index contributed by atoms with van der Waals surface area (Å²) >= 11 is 5.86. The summed E-state index contributed by atoms with van der Waals surface area (Å²) in [6.07, 6.45) is 0.992. The molecule has 0 unspecified atom stereocenters. The van der Waals surface area contributed by atoms with Crippen molar-refractivity contribution in [2.45, 2.75) is 19.9 Å². The molecule has 0 bridgehead atoms. The summed E-state index contributed by atoms with van der Waals surface area (Å²) in [5.74, 6) is 0.257. The first-order chi connectivity index (χ1) is 11.9. The summed E-state index contributed by atoms with van der Waals surface area (Å²) < 4.78 is 6.26. The Morgan fingerprint density at radius 2 is 1.68 bits per heavy atom. The predicted octanol–water partition coefficient (Wildman–Crippen LogP) is 5.42. The van der Waals surface area contributed by atoms with Crippen LogP contribution < -0.4 is 0 Å². The molecule has 6 heteroatoms. The first kappa shape index (κ1) is 19.4. The van der Waals surface area contributed by atoms with Gasteiger partial charge in [-0.05, 0) is 48.9 Å². The van der Waals surface area contributed by atoms with Crippen molar-refractivity contribution in [3.8, 4) is 5.75 Å². The molecule has 2 rings (SSSR count). The van der Waals surface area contributed by atoms with Gasteiger partial charge in [0, 0.05) is 5.02 Å². The molecule has 0 fully saturated rings. The van der Waals surface area contributed by atoms with E-state index in [4.69, 9.17) is 16.3 Å². The second kappa shape index (κ2) is 8.94. The number of hydrogen-bond acceptors (Lipinski definition) is 4. The van der Waals surface area contributed by atoms with Crippen molar-refractivity contribution < 1.29 is 14.3 Å². The third-order valence-electron chi connectivity index (χ3n) is 3.56. The van der Waals surface area contributed by atoms with Crippen molar-refractivity contribution in [2.75, 3.05) is 27.4 Å². The molecule has 0 aromatic heterocycles. The van der Waals surface area contributed by atoms with E-state index in [1.165, 1.54) is 0 Å². The highest BCUT2D eigenvalue weighted by molar-refractivity contribution is 6.30. The quantitative estimate of drug-likeness (QED) is 0.295. The number of halogens is 1. The summed E-state index contributed by atoms with van der Waals surface area (Å²) in [7, 11) is 4.13. The maximum absolute atomic E-state index is 10.1. The third-order valence-corrected chi connectivity index (χ3v) is 3.81. The van der Waals surface area contributed by atoms with Gasteiger partial charge in [-0.1, -0.05) is 18.5 Å². The average molecular weight is 363 g/mol. The fourth-order valence-corrected chi connectivity index (χ4v) is 2.47. The molecular formula is C19H25ClN3O2+. The number of ether oxygens (including phenoxy) is 1. The zero-order valence-electron chi connectivity index (χ0n) is 14.9. The molecule has 0 saturated heterocycles. The Morgan fingerprint density at radius 3 is 2.36 bits per heavy atom. The Balaban J connectivity index is 2.10. The second-order valence-electron chi connectivity index (χ2n) is 6.62. The number of azo groups is 1. The summed E-state index contributed by atoms with van der Waals surface area (Å²) in [4.78, 5) is 0. The lowest BCUT2D eigenvalue weighted by Crippen LogP contribution is -2.40. The SMILES string of the molecule is CCCOC[N+](C)(C)Cc1cc(N=Nc2ccc(Cl)cc2)ccc1O. The number of phenolic OH excluding ortho intramolecular Hbond substituents is 1. The van der Waals surface area contributed by atoms with Gasteiger partial charge in [-0.2, -0.15) is 10.2 Å². The van der Waals surface area contributed by atoms with E-state index in [0.717, 1.165) is 24.3 Å². The molecule has 0 heterocycles. The lowest BCUT2D eigenvalue weighted by Gasteiger charge is -2.29. The van der Waals surface area contributed by atoms with Gasteiger partial charge in [-0.25, -0.2) is 0 Å². The number of phenols is 1. The molecule has 0 aliphatic heterocycles. The Morgan fingerprint density at radius 1 is 1.04 bits per heavy atom. The molecule has 0 spiro atoms. The van der Waals surface area contributed by atoms with Crippen LogP contribution in [0, 0.1) is 0 Å². The van der Waals surface area contributed by atoms with Gasteiger partial charge in [0.2, 0.25) is 0 Å².